The molecule has 1 aromatic carbocycles. The van der Waals surface area contributed by atoms with Crippen molar-refractivity contribution in [3.8, 4) is 11.3 Å². The van der Waals surface area contributed by atoms with Crippen LogP contribution in [0.1, 0.15) is 23.7 Å². The van der Waals surface area contributed by atoms with E-state index in [1.165, 1.54) is 6.92 Å². The number of alkyl halides is 9. The summed E-state index contributed by atoms with van der Waals surface area (Å²) in [7, 11) is 0. The van der Waals surface area contributed by atoms with Crippen LogP contribution in [0, 0.1) is 6.92 Å². The monoisotopic (exact) mass is 614 g/mol. The first-order valence-corrected chi connectivity index (χ1v) is 11.6. The number of carbonyl (C=O) groups is 2. The third-order valence-corrected chi connectivity index (χ3v) is 6.55. The number of carbonyl (C=O) groups excluding carboxylic acids is 2. The molecule has 0 aliphatic carbocycles. The van der Waals surface area contributed by atoms with Gasteiger partial charge in [-0.3, -0.25) is 9.20 Å². The van der Waals surface area contributed by atoms with Gasteiger partial charge in [0.05, 0.1) is 11.9 Å². The Kier molecular flexibility index (Phi) is 7.13. The van der Waals surface area contributed by atoms with Crippen molar-refractivity contribution in [2.75, 3.05) is 18.8 Å². The summed E-state index contributed by atoms with van der Waals surface area (Å²) in [5.74, 6) is -6.16. The van der Waals surface area contributed by atoms with Crippen molar-refractivity contribution in [1.82, 2.24) is 24.7 Å². The molecule has 4 rings (SSSR count). The lowest BCUT2D eigenvalue weighted by atomic mass is 9.86. The average molecular weight is 614 g/mol. The lowest BCUT2D eigenvalue weighted by Crippen LogP contribution is -2.72. The van der Waals surface area contributed by atoms with Crippen LogP contribution in [-0.4, -0.2) is 67.4 Å². The summed E-state index contributed by atoms with van der Waals surface area (Å²) in [6.45, 7) is 1.53. The van der Waals surface area contributed by atoms with E-state index in [4.69, 9.17) is 5.73 Å². The van der Waals surface area contributed by atoms with Crippen LogP contribution in [0.25, 0.3) is 16.9 Å². The van der Waals surface area contributed by atoms with Gasteiger partial charge in [-0.15, -0.1) is 0 Å². The molecule has 1 aliphatic rings. The van der Waals surface area contributed by atoms with E-state index in [9.17, 15) is 54.2 Å². The second-order valence-corrected chi connectivity index (χ2v) is 9.66. The summed E-state index contributed by atoms with van der Waals surface area (Å²) in [4.78, 5) is 36.0. The van der Waals surface area contributed by atoms with Crippen molar-refractivity contribution in [3.63, 3.8) is 0 Å². The van der Waals surface area contributed by atoms with Crippen molar-refractivity contribution >= 4 is 23.3 Å². The van der Waals surface area contributed by atoms with Crippen LogP contribution in [0.2, 0.25) is 0 Å². The highest BCUT2D eigenvalue weighted by atomic mass is 19.4. The second kappa shape index (κ2) is 9.72. The Morgan fingerprint density at radius 1 is 1.12 bits per heavy atom. The molecule has 3 heterocycles. The van der Waals surface area contributed by atoms with Crippen LogP contribution < -0.4 is 11.1 Å². The van der Waals surface area contributed by atoms with E-state index in [-0.39, 0.29) is 22.5 Å². The van der Waals surface area contributed by atoms with Crippen LogP contribution in [0.4, 0.5) is 45.3 Å². The Balaban J connectivity index is 1.90. The number of nitrogens with zero attached hydrogens (tertiary/aromatic N) is 4. The van der Waals surface area contributed by atoms with Crippen molar-refractivity contribution in [3.05, 3.63) is 47.4 Å². The Labute approximate surface area is 228 Å². The standard InChI is InChI=1S/C23H19F9N6O4/c1-10-3-4-11(5-12(10)13-6-35-16-15(33)36-14(7-37(13)16)21(24,25)26)20(41,23(30,31)32)17(39)38(19(2)8-34-9-19)42-18(40)22(27,28)29/h3-7,34,41H,8-9H2,1-2H3,(H2,33,36). The molecule has 3 aromatic rings. The fraction of sp³-hybridized carbons (Fsp3) is 0.391. The molecule has 1 fully saturated rings. The Hall–Kier alpha value is -4.13. The van der Waals surface area contributed by atoms with E-state index in [0.29, 0.717) is 18.3 Å². The minimum atomic E-state index is -5.91. The maximum atomic E-state index is 14.5. The first-order chi connectivity index (χ1) is 19.1. The summed E-state index contributed by atoms with van der Waals surface area (Å²) in [6.07, 6.45) is -15.2. The van der Waals surface area contributed by atoms with Gasteiger partial charge in [0, 0.05) is 30.4 Å². The van der Waals surface area contributed by atoms with Crippen molar-refractivity contribution < 1.29 is 59.0 Å². The summed E-state index contributed by atoms with van der Waals surface area (Å²) < 4.78 is 123. The van der Waals surface area contributed by atoms with Crippen LogP contribution in [0.15, 0.2) is 30.6 Å². The lowest BCUT2D eigenvalue weighted by Gasteiger charge is -2.48. The van der Waals surface area contributed by atoms with Gasteiger partial charge in [-0.25, -0.2) is 14.8 Å². The number of halogens is 9. The van der Waals surface area contributed by atoms with Gasteiger partial charge in [0.15, 0.2) is 17.2 Å². The smallest absolute Gasteiger partial charge is 0.381 e. The zero-order valence-corrected chi connectivity index (χ0v) is 21.2. The Morgan fingerprint density at radius 2 is 1.74 bits per heavy atom. The summed E-state index contributed by atoms with van der Waals surface area (Å²) in [5.41, 5.74) is -4.38. The van der Waals surface area contributed by atoms with Gasteiger partial charge in [-0.2, -0.15) is 44.6 Å². The highest BCUT2D eigenvalue weighted by Crippen LogP contribution is 2.44. The van der Waals surface area contributed by atoms with E-state index in [1.54, 1.807) is 0 Å². The van der Waals surface area contributed by atoms with Crippen LogP contribution >= 0.6 is 0 Å². The minimum absolute atomic E-state index is 0.122. The molecule has 0 radical (unpaired) electrons. The van der Waals surface area contributed by atoms with Gasteiger partial charge in [-0.1, -0.05) is 12.1 Å². The number of hydrogen-bond donors (Lipinski definition) is 3. The number of nitrogens with two attached hydrogens (primary N) is 1. The van der Waals surface area contributed by atoms with Crippen LogP contribution in [0.5, 0.6) is 0 Å². The minimum Gasteiger partial charge on any atom is -0.381 e. The maximum absolute atomic E-state index is 14.5. The van der Waals surface area contributed by atoms with Crippen molar-refractivity contribution in [2.45, 2.75) is 43.5 Å². The van der Waals surface area contributed by atoms with E-state index < -0.39 is 76.8 Å². The highest BCUT2D eigenvalue weighted by Gasteiger charge is 2.65. The predicted octanol–water partition coefficient (Wildman–Crippen LogP) is 3.27. The number of benzene rings is 1. The van der Waals surface area contributed by atoms with Crippen molar-refractivity contribution in [2.24, 2.45) is 0 Å². The fourth-order valence-electron chi connectivity index (χ4n) is 4.19. The number of fused-ring (bicyclic) bond motifs is 1. The molecule has 1 amide bonds. The lowest BCUT2D eigenvalue weighted by molar-refractivity contribution is -0.294. The number of amides is 1. The number of aromatic nitrogens is 3. The zero-order chi connectivity index (χ0) is 31.6. The number of hydrogen-bond acceptors (Lipinski definition) is 8. The number of imidazole rings is 1. The fourth-order valence-corrected chi connectivity index (χ4v) is 4.19. The number of rotatable bonds is 4. The Morgan fingerprint density at radius 3 is 2.24 bits per heavy atom. The topological polar surface area (TPSA) is 135 Å². The SMILES string of the molecule is Cc1ccc(C(O)(C(=O)N(OC(=O)C(F)(F)F)C2(C)CNC2)C(F)(F)F)cc1-c1cnc2c(N)nc(C(F)(F)F)cn12. The molecule has 42 heavy (non-hydrogen) atoms. The van der Waals surface area contributed by atoms with E-state index in [2.05, 4.69) is 20.1 Å². The molecular weight excluding hydrogens is 595 g/mol. The Bertz CT molecular complexity index is 1560. The quantitative estimate of drug-likeness (QED) is 0.301. The third kappa shape index (κ3) is 5.06. The van der Waals surface area contributed by atoms with Gasteiger partial charge < -0.3 is 21.0 Å². The summed E-state index contributed by atoms with van der Waals surface area (Å²) in [5, 5.41) is 13.0. The first kappa shape index (κ1) is 30.8. The molecule has 0 saturated carbocycles. The van der Waals surface area contributed by atoms with E-state index in [0.717, 1.165) is 23.6 Å². The molecule has 10 nitrogen and oxygen atoms in total. The molecule has 1 saturated heterocycles. The second-order valence-electron chi connectivity index (χ2n) is 9.66. The van der Waals surface area contributed by atoms with Crippen LogP contribution in [-0.2, 0) is 26.2 Å². The average Bonchev–Trinajstić information content (AvgIpc) is 3.28. The maximum Gasteiger partial charge on any atom is 0.493 e. The van der Waals surface area contributed by atoms with Crippen LogP contribution in [0.3, 0.4) is 0 Å². The largest absolute Gasteiger partial charge is 0.493 e. The van der Waals surface area contributed by atoms with Crippen molar-refractivity contribution in [1.29, 1.82) is 0 Å². The first-order valence-electron chi connectivity index (χ1n) is 11.6. The molecule has 228 valence electrons. The molecule has 1 unspecified atom stereocenters. The summed E-state index contributed by atoms with van der Waals surface area (Å²) in [6, 6.07) is 2.21. The number of anilines is 1. The number of nitrogens with one attached hydrogen (secondary N) is 1. The normalized spacial score (nSPS) is 17.0. The zero-order valence-electron chi connectivity index (χ0n) is 21.2. The molecule has 1 atom stereocenters. The molecule has 0 spiro atoms. The van der Waals surface area contributed by atoms with Gasteiger partial charge in [0.25, 0.3) is 5.60 Å². The number of hydroxylamine groups is 2. The molecular formula is C23H19F9N6O4. The van der Waals surface area contributed by atoms with Gasteiger partial charge in [-0.05, 0) is 25.5 Å². The molecule has 1 aliphatic heterocycles. The number of aliphatic hydroxyl groups is 1. The molecule has 19 heteroatoms. The predicted molar refractivity (Wildman–Crippen MR) is 123 cm³/mol. The molecule has 4 N–H and O–H groups in total. The molecule has 0 bridgehead atoms. The van der Waals surface area contributed by atoms with Gasteiger partial charge >= 0.3 is 30.4 Å². The van der Waals surface area contributed by atoms with E-state index >= 15 is 0 Å². The van der Waals surface area contributed by atoms with E-state index in [1.807, 2.05) is 0 Å². The highest BCUT2D eigenvalue weighted by molar-refractivity contribution is 5.89. The summed E-state index contributed by atoms with van der Waals surface area (Å²) >= 11 is 0. The third-order valence-electron chi connectivity index (χ3n) is 6.55. The number of nitrogen functional groups attached to an aromatic ring is 1. The van der Waals surface area contributed by atoms with Gasteiger partial charge in [0.2, 0.25) is 0 Å². The molecule has 2 aromatic heterocycles. The number of aryl methyl sites for hydroxylation is 1. The van der Waals surface area contributed by atoms with Gasteiger partial charge in [0.1, 0.15) is 5.54 Å².